The first-order valence-corrected chi connectivity index (χ1v) is 6.49. The molecule has 0 spiro atoms. The van der Waals surface area contributed by atoms with E-state index in [1.54, 1.807) is 0 Å². The van der Waals surface area contributed by atoms with Crippen LogP contribution in [0.5, 0.6) is 0 Å². The van der Waals surface area contributed by atoms with Crippen LogP contribution in [0.3, 0.4) is 0 Å². The summed E-state index contributed by atoms with van der Waals surface area (Å²) < 4.78 is 2.02. The second-order valence-electron chi connectivity index (χ2n) is 4.85. The van der Waals surface area contributed by atoms with Gasteiger partial charge in [-0.25, -0.2) is 0 Å². The van der Waals surface area contributed by atoms with Gasteiger partial charge >= 0.3 is 0 Å². The van der Waals surface area contributed by atoms with Gasteiger partial charge in [0, 0.05) is 5.69 Å². The highest BCUT2D eigenvalue weighted by Crippen LogP contribution is 2.31. The normalized spacial score (nSPS) is 10.5. The third kappa shape index (κ3) is 1.90. The minimum Gasteiger partial charge on any atom is -0.384 e. The quantitative estimate of drug-likeness (QED) is 0.891. The van der Waals surface area contributed by atoms with Crippen LogP contribution < -0.4 is 5.73 Å². The number of nitrogens with zero attached hydrogens (tertiary/aromatic N) is 2. The van der Waals surface area contributed by atoms with E-state index in [0.717, 1.165) is 23.4 Å². The number of anilines is 1. The van der Waals surface area contributed by atoms with Crippen molar-refractivity contribution in [1.82, 2.24) is 4.57 Å². The van der Waals surface area contributed by atoms with Crippen molar-refractivity contribution in [3.8, 4) is 11.8 Å². The van der Waals surface area contributed by atoms with Gasteiger partial charge < -0.3 is 5.73 Å². The number of nitrogens with two attached hydrogens (primary N) is 1. The summed E-state index contributed by atoms with van der Waals surface area (Å²) >= 11 is 0. The molecule has 0 saturated carbocycles. The number of rotatable bonds is 2. The van der Waals surface area contributed by atoms with E-state index in [1.807, 2.05) is 18.4 Å². The molecule has 0 aliphatic rings. The van der Waals surface area contributed by atoms with Crippen LogP contribution in [-0.4, -0.2) is 4.57 Å². The van der Waals surface area contributed by atoms with Crippen molar-refractivity contribution in [2.24, 2.45) is 0 Å². The standard InChI is InChI=1S/C16H19N3/c1-5-13-8-6-7-10(2)15(13)19-12(4)11(3)14(9-17)16(19)18/h6-8H,5,18H2,1-4H3. The lowest BCUT2D eigenvalue weighted by atomic mass is 10.1. The topological polar surface area (TPSA) is 54.7 Å². The van der Waals surface area contributed by atoms with Crippen LogP contribution in [0, 0.1) is 32.1 Å². The Bertz CT molecular complexity index is 672. The highest BCUT2D eigenvalue weighted by molar-refractivity contribution is 5.64. The maximum absolute atomic E-state index is 9.24. The molecule has 0 atom stereocenters. The third-order valence-electron chi connectivity index (χ3n) is 3.79. The molecule has 0 radical (unpaired) electrons. The van der Waals surface area contributed by atoms with Crippen molar-refractivity contribution in [3.05, 3.63) is 46.1 Å². The molecule has 1 aromatic heterocycles. The highest BCUT2D eigenvalue weighted by Gasteiger charge is 2.18. The summed E-state index contributed by atoms with van der Waals surface area (Å²) in [4.78, 5) is 0. The van der Waals surface area contributed by atoms with E-state index in [0.29, 0.717) is 11.4 Å². The van der Waals surface area contributed by atoms with Crippen molar-refractivity contribution >= 4 is 5.82 Å². The summed E-state index contributed by atoms with van der Waals surface area (Å²) in [5.74, 6) is 0.543. The van der Waals surface area contributed by atoms with Gasteiger partial charge in [-0.3, -0.25) is 4.57 Å². The molecule has 0 unspecified atom stereocenters. The minimum absolute atomic E-state index is 0.543. The number of nitriles is 1. The Hall–Kier alpha value is -2.21. The number of hydrogen-bond donors (Lipinski definition) is 1. The van der Waals surface area contributed by atoms with Gasteiger partial charge in [-0.1, -0.05) is 25.1 Å². The molecule has 0 aliphatic carbocycles. The fourth-order valence-corrected chi connectivity index (χ4v) is 2.59. The number of aryl methyl sites for hydroxylation is 2. The van der Waals surface area contributed by atoms with Crippen LogP contribution in [-0.2, 0) is 6.42 Å². The van der Waals surface area contributed by atoms with E-state index in [1.165, 1.54) is 11.1 Å². The van der Waals surface area contributed by atoms with Crippen LogP contribution in [0.2, 0.25) is 0 Å². The molecule has 0 bridgehead atoms. The van der Waals surface area contributed by atoms with E-state index in [2.05, 4.69) is 38.1 Å². The minimum atomic E-state index is 0.543. The molecule has 1 heterocycles. The lowest BCUT2D eigenvalue weighted by Crippen LogP contribution is -2.07. The second kappa shape index (κ2) is 4.81. The van der Waals surface area contributed by atoms with Crippen LogP contribution in [0.1, 0.15) is 34.9 Å². The van der Waals surface area contributed by atoms with Gasteiger partial charge in [0.15, 0.2) is 0 Å². The largest absolute Gasteiger partial charge is 0.384 e. The molecule has 0 aliphatic heterocycles. The van der Waals surface area contributed by atoms with E-state index in [-0.39, 0.29) is 0 Å². The van der Waals surface area contributed by atoms with Crippen LogP contribution in [0.15, 0.2) is 18.2 Å². The van der Waals surface area contributed by atoms with Gasteiger partial charge in [-0.05, 0) is 43.9 Å². The average molecular weight is 253 g/mol. The lowest BCUT2D eigenvalue weighted by molar-refractivity contribution is 0.965. The smallest absolute Gasteiger partial charge is 0.126 e. The van der Waals surface area contributed by atoms with Crippen LogP contribution >= 0.6 is 0 Å². The zero-order chi connectivity index (χ0) is 14.2. The fourth-order valence-electron chi connectivity index (χ4n) is 2.59. The lowest BCUT2D eigenvalue weighted by Gasteiger charge is -2.16. The maximum atomic E-state index is 9.24. The second-order valence-corrected chi connectivity index (χ2v) is 4.85. The number of aromatic nitrogens is 1. The Morgan fingerprint density at radius 2 is 1.95 bits per heavy atom. The molecule has 2 rings (SSSR count). The van der Waals surface area contributed by atoms with E-state index in [9.17, 15) is 5.26 Å². The van der Waals surface area contributed by atoms with Gasteiger partial charge in [-0.15, -0.1) is 0 Å². The Morgan fingerprint density at radius 1 is 1.26 bits per heavy atom. The molecule has 0 amide bonds. The molecule has 0 fully saturated rings. The predicted octanol–water partition coefficient (Wildman–Crippen LogP) is 3.42. The molecule has 2 N–H and O–H groups in total. The van der Waals surface area contributed by atoms with Crippen molar-refractivity contribution in [1.29, 1.82) is 5.26 Å². The Morgan fingerprint density at radius 3 is 2.47 bits per heavy atom. The molecular weight excluding hydrogens is 234 g/mol. The average Bonchev–Trinajstić information content (AvgIpc) is 2.61. The summed E-state index contributed by atoms with van der Waals surface area (Å²) in [7, 11) is 0. The Balaban J connectivity index is 2.85. The first-order valence-electron chi connectivity index (χ1n) is 6.49. The summed E-state index contributed by atoms with van der Waals surface area (Å²) in [5.41, 5.74) is 12.3. The first-order chi connectivity index (χ1) is 9.02. The molecule has 3 nitrogen and oxygen atoms in total. The summed E-state index contributed by atoms with van der Waals surface area (Å²) in [6.45, 7) is 8.17. The van der Waals surface area contributed by atoms with Gasteiger partial charge in [0.1, 0.15) is 11.9 Å². The molecule has 0 saturated heterocycles. The Labute approximate surface area is 114 Å². The molecule has 1 aromatic carbocycles. The zero-order valence-electron chi connectivity index (χ0n) is 11.9. The zero-order valence-corrected chi connectivity index (χ0v) is 11.9. The van der Waals surface area contributed by atoms with E-state index in [4.69, 9.17) is 5.73 Å². The Kier molecular flexibility index (Phi) is 3.35. The molecule has 2 aromatic rings. The predicted molar refractivity (Wildman–Crippen MR) is 78.5 cm³/mol. The molecular formula is C16H19N3. The van der Waals surface area contributed by atoms with Crippen molar-refractivity contribution < 1.29 is 0 Å². The maximum Gasteiger partial charge on any atom is 0.126 e. The van der Waals surface area contributed by atoms with E-state index >= 15 is 0 Å². The SMILES string of the molecule is CCc1cccc(C)c1-n1c(C)c(C)c(C#N)c1N. The van der Waals surface area contributed by atoms with Crippen molar-refractivity contribution in [2.75, 3.05) is 5.73 Å². The van der Waals surface area contributed by atoms with Gasteiger partial charge in [0.05, 0.1) is 11.3 Å². The third-order valence-corrected chi connectivity index (χ3v) is 3.79. The van der Waals surface area contributed by atoms with Crippen molar-refractivity contribution in [3.63, 3.8) is 0 Å². The van der Waals surface area contributed by atoms with Crippen LogP contribution in [0.25, 0.3) is 5.69 Å². The van der Waals surface area contributed by atoms with Gasteiger partial charge in [-0.2, -0.15) is 5.26 Å². The number of hydrogen-bond acceptors (Lipinski definition) is 2. The van der Waals surface area contributed by atoms with Gasteiger partial charge in [0.2, 0.25) is 0 Å². The molecule has 19 heavy (non-hydrogen) atoms. The highest BCUT2D eigenvalue weighted by atomic mass is 15.1. The first kappa shape index (κ1) is 13.2. The summed E-state index contributed by atoms with van der Waals surface area (Å²) in [6.07, 6.45) is 0.939. The van der Waals surface area contributed by atoms with Crippen LogP contribution in [0.4, 0.5) is 5.82 Å². The van der Waals surface area contributed by atoms with Crippen molar-refractivity contribution in [2.45, 2.75) is 34.1 Å². The number of nitrogen functional groups attached to an aromatic ring is 1. The monoisotopic (exact) mass is 253 g/mol. The number of para-hydroxylation sites is 1. The fraction of sp³-hybridized carbons (Fsp3) is 0.312. The number of benzene rings is 1. The van der Waals surface area contributed by atoms with E-state index < -0.39 is 0 Å². The molecule has 3 heteroatoms. The summed E-state index contributed by atoms with van der Waals surface area (Å²) in [5, 5.41) is 9.24. The molecule has 98 valence electrons. The van der Waals surface area contributed by atoms with Gasteiger partial charge in [0.25, 0.3) is 0 Å². The summed E-state index contributed by atoms with van der Waals surface area (Å²) in [6, 6.07) is 8.46.